The number of halogens is 4. The molecule has 0 aliphatic carbocycles. The highest BCUT2D eigenvalue weighted by Crippen LogP contribution is 2.30. The number of nitrogens with one attached hydrogen (secondary N) is 1. The molecular weight excluding hydrogens is 596 g/mol. The second kappa shape index (κ2) is 12.0. The highest BCUT2D eigenvalue weighted by Gasteiger charge is 2.37. The summed E-state index contributed by atoms with van der Waals surface area (Å²) in [5.74, 6) is -0.212. The molecule has 10 nitrogen and oxygen atoms in total. The average Bonchev–Trinajstić information content (AvgIpc) is 3.55. The molecule has 0 spiro atoms. The Labute approximate surface area is 255 Å². The molecule has 3 heterocycles. The van der Waals surface area contributed by atoms with Gasteiger partial charge in [-0.3, -0.25) is 9.59 Å². The summed E-state index contributed by atoms with van der Waals surface area (Å²) in [5.41, 5.74) is 0.0543. The SMILES string of the molecule is Cc1cc(=O)n2nc(-c3ccc(C[C@@H]4C[C@H](F)CN4C(=O)OC(C)(C)C)cc3)nc2n1CC(=O)Nc1ccc(C(F)(F)F)cc1. The molecule has 2 aromatic carbocycles. The molecule has 0 saturated carbocycles. The Hall–Kier alpha value is -4.75. The summed E-state index contributed by atoms with van der Waals surface area (Å²) in [7, 11) is 0. The van der Waals surface area contributed by atoms with Crippen molar-refractivity contribution < 1.29 is 31.9 Å². The lowest BCUT2D eigenvalue weighted by Gasteiger charge is -2.28. The van der Waals surface area contributed by atoms with Crippen LogP contribution in [0.3, 0.4) is 0 Å². The van der Waals surface area contributed by atoms with E-state index in [4.69, 9.17) is 4.74 Å². The maximum Gasteiger partial charge on any atom is 0.416 e. The van der Waals surface area contributed by atoms with Crippen molar-refractivity contribution in [2.24, 2.45) is 0 Å². The summed E-state index contributed by atoms with van der Waals surface area (Å²) >= 11 is 0. The van der Waals surface area contributed by atoms with Crippen LogP contribution in [0.4, 0.5) is 28.0 Å². The molecule has 1 N–H and O–H groups in total. The lowest BCUT2D eigenvalue weighted by molar-refractivity contribution is -0.137. The number of hydrogen-bond acceptors (Lipinski definition) is 6. The van der Waals surface area contributed by atoms with Gasteiger partial charge in [0.2, 0.25) is 11.7 Å². The quantitative estimate of drug-likeness (QED) is 0.286. The zero-order valence-electron chi connectivity index (χ0n) is 25.1. The fourth-order valence-corrected chi connectivity index (χ4v) is 5.17. The van der Waals surface area contributed by atoms with Gasteiger partial charge < -0.3 is 19.5 Å². The number of aryl methyl sites for hydroxylation is 1. The highest BCUT2D eigenvalue weighted by molar-refractivity contribution is 5.90. The fourth-order valence-electron chi connectivity index (χ4n) is 5.17. The van der Waals surface area contributed by atoms with E-state index in [2.05, 4.69) is 15.4 Å². The van der Waals surface area contributed by atoms with Crippen LogP contribution in [0.15, 0.2) is 59.4 Å². The van der Waals surface area contributed by atoms with E-state index >= 15 is 0 Å². The van der Waals surface area contributed by atoms with Gasteiger partial charge in [0.15, 0.2) is 5.82 Å². The third-order valence-electron chi connectivity index (χ3n) is 7.27. The zero-order chi connectivity index (χ0) is 32.7. The van der Waals surface area contributed by atoms with Crippen LogP contribution in [0.2, 0.25) is 0 Å². The summed E-state index contributed by atoms with van der Waals surface area (Å²) in [6.45, 7) is 6.59. The molecule has 1 aliphatic heterocycles. The minimum Gasteiger partial charge on any atom is -0.444 e. The molecule has 238 valence electrons. The van der Waals surface area contributed by atoms with Crippen LogP contribution in [0, 0.1) is 6.92 Å². The number of aromatic nitrogens is 4. The highest BCUT2D eigenvalue weighted by atomic mass is 19.4. The average molecular weight is 629 g/mol. The second-order valence-electron chi connectivity index (χ2n) is 12.0. The van der Waals surface area contributed by atoms with Gasteiger partial charge >= 0.3 is 12.3 Å². The van der Waals surface area contributed by atoms with Crippen LogP contribution in [0.1, 0.15) is 44.0 Å². The Kier molecular flexibility index (Phi) is 8.43. The van der Waals surface area contributed by atoms with Crippen LogP contribution in [-0.4, -0.2) is 60.4 Å². The van der Waals surface area contributed by atoms with Crippen LogP contribution < -0.4 is 10.9 Å². The topological polar surface area (TPSA) is 111 Å². The van der Waals surface area contributed by atoms with Crippen molar-refractivity contribution in [2.75, 3.05) is 11.9 Å². The van der Waals surface area contributed by atoms with Crippen LogP contribution >= 0.6 is 0 Å². The van der Waals surface area contributed by atoms with Gasteiger partial charge in [-0.05, 0) is 63.9 Å². The smallest absolute Gasteiger partial charge is 0.416 e. The van der Waals surface area contributed by atoms with Crippen molar-refractivity contribution in [3.8, 4) is 11.4 Å². The minimum absolute atomic E-state index is 0.0257. The number of benzene rings is 2. The van der Waals surface area contributed by atoms with Gasteiger partial charge in [-0.2, -0.15) is 22.7 Å². The molecule has 0 bridgehead atoms. The van der Waals surface area contributed by atoms with E-state index in [1.807, 2.05) is 12.1 Å². The molecule has 1 saturated heterocycles. The third-order valence-corrected chi connectivity index (χ3v) is 7.27. The van der Waals surface area contributed by atoms with Crippen molar-refractivity contribution in [2.45, 2.75) is 71.1 Å². The van der Waals surface area contributed by atoms with Gasteiger partial charge in [0.25, 0.3) is 5.56 Å². The Balaban J connectivity index is 1.32. The maximum atomic E-state index is 14.3. The molecule has 5 rings (SSSR count). The number of anilines is 1. The van der Waals surface area contributed by atoms with E-state index in [1.54, 1.807) is 39.8 Å². The number of likely N-dealkylation sites (tertiary alicyclic amines) is 1. The number of nitrogens with zero attached hydrogens (tertiary/aromatic N) is 5. The Morgan fingerprint density at radius 3 is 2.33 bits per heavy atom. The lowest BCUT2D eigenvalue weighted by Crippen LogP contribution is -2.40. The summed E-state index contributed by atoms with van der Waals surface area (Å²) in [5, 5.41) is 6.89. The summed E-state index contributed by atoms with van der Waals surface area (Å²) in [6.07, 6.45) is -5.57. The van der Waals surface area contributed by atoms with E-state index in [0.717, 1.165) is 34.3 Å². The molecular formula is C31H32F4N6O4. The van der Waals surface area contributed by atoms with Crippen LogP contribution in [0.5, 0.6) is 0 Å². The Bertz CT molecular complexity index is 1780. The predicted octanol–water partition coefficient (Wildman–Crippen LogP) is 5.41. The van der Waals surface area contributed by atoms with Gasteiger partial charge in [0.1, 0.15) is 18.3 Å². The minimum atomic E-state index is -4.50. The zero-order valence-corrected chi connectivity index (χ0v) is 25.1. The number of carbonyl (C=O) groups is 2. The van der Waals surface area contributed by atoms with Crippen LogP contribution in [0.25, 0.3) is 17.2 Å². The van der Waals surface area contributed by atoms with Crippen molar-refractivity contribution >= 4 is 23.5 Å². The summed E-state index contributed by atoms with van der Waals surface area (Å²) in [4.78, 5) is 44.1. The molecule has 4 aromatic rings. The molecule has 1 fully saturated rings. The number of alkyl halides is 4. The van der Waals surface area contributed by atoms with Crippen molar-refractivity contribution in [1.82, 2.24) is 24.1 Å². The molecule has 2 aromatic heterocycles. The second-order valence-corrected chi connectivity index (χ2v) is 12.0. The summed E-state index contributed by atoms with van der Waals surface area (Å²) < 4.78 is 60.9. The molecule has 45 heavy (non-hydrogen) atoms. The molecule has 14 heteroatoms. The number of rotatable bonds is 6. The first-order valence-corrected chi connectivity index (χ1v) is 14.2. The third kappa shape index (κ3) is 7.32. The van der Waals surface area contributed by atoms with Gasteiger partial charge in [-0.1, -0.05) is 24.3 Å². The monoisotopic (exact) mass is 628 g/mol. The normalized spacial score (nSPS) is 17.1. The molecule has 2 amide bonds. The van der Waals surface area contributed by atoms with Gasteiger partial charge in [-0.15, -0.1) is 5.10 Å². The van der Waals surface area contributed by atoms with Crippen LogP contribution in [-0.2, 0) is 28.7 Å². The first-order valence-electron chi connectivity index (χ1n) is 14.2. The first kappa shape index (κ1) is 31.7. The molecule has 0 radical (unpaired) electrons. The Morgan fingerprint density at radius 2 is 1.71 bits per heavy atom. The first-order chi connectivity index (χ1) is 21.1. The number of carbonyl (C=O) groups excluding carboxylic acids is 2. The van der Waals surface area contributed by atoms with E-state index in [-0.39, 0.29) is 42.8 Å². The molecule has 0 unspecified atom stereocenters. The van der Waals surface area contributed by atoms with E-state index in [1.165, 1.54) is 15.5 Å². The number of amides is 2. The maximum absolute atomic E-state index is 14.3. The largest absolute Gasteiger partial charge is 0.444 e. The molecule has 2 atom stereocenters. The predicted molar refractivity (Wildman–Crippen MR) is 157 cm³/mol. The molecule has 1 aliphatic rings. The van der Waals surface area contributed by atoms with Crippen molar-refractivity contribution in [3.05, 3.63) is 81.8 Å². The standard InChI is InChI=1S/C31H32F4N6O4/c1-18-13-26(43)41-28(39(18)17-25(42)36-23-11-9-21(10-12-23)31(33,34)35)37-27(38-41)20-7-5-19(6-8-20)14-24-15-22(32)16-40(24)29(44)45-30(2,3)4/h5-13,22,24H,14-17H2,1-4H3,(H,36,42)/t22-,24+/m0/s1. The van der Waals surface area contributed by atoms with Crippen molar-refractivity contribution in [3.63, 3.8) is 0 Å². The summed E-state index contributed by atoms with van der Waals surface area (Å²) in [6, 6.07) is 12.1. The van der Waals surface area contributed by atoms with Gasteiger partial charge in [0.05, 0.1) is 12.1 Å². The number of fused-ring (bicyclic) bond motifs is 1. The number of hydrogen-bond donors (Lipinski definition) is 1. The Morgan fingerprint density at radius 1 is 1.04 bits per heavy atom. The van der Waals surface area contributed by atoms with E-state index in [0.29, 0.717) is 17.7 Å². The van der Waals surface area contributed by atoms with Gasteiger partial charge in [-0.25, -0.2) is 9.18 Å². The van der Waals surface area contributed by atoms with E-state index < -0.39 is 41.1 Å². The number of ether oxygens (including phenoxy) is 1. The van der Waals surface area contributed by atoms with E-state index in [9.17, 15) is 31.9 Å². The van der Waals surface area contributed by atoms with Crippen molar-refractivity contribution in [1.29, 1.82) is 0 Å². The van der Waals surface area contributed by atoms with Gasteiger partial charge in [0, 0.05) is 35.5 Å². The fraction of sp³-hybridized carbons (Fsp3) is 0.387. The lowest BCUT2D eigenvalue weighted by atomic mass is 10.0.